The third-order valence-corrected chi connectivity index (χ3v) is 7.50. The maximum absolute atomic E-state index is 13.2. The van der Waals surface area contributed by atoms with Crippen LogP contribution in [0.25, 0.3) is 10.6 Å². The van der Waals surface area contributed by atoms with E-state index < -0.39 is 18.0 Å². The molecular formula is C25H26F3N5O2S. The average molecular weight is 518 g/mol. The summed E-state index contributed by atoms with van der Waals surface area (Å²) in [4.78, 5) is 25.5. The Balaban J connectivity index is 1.37. The number of halogens is 3. The molecule has 2 saturated heterocycles. The van der Waals surface area contributed by atoms with Crippen molar-refractivity contribution in [1.82, 2.24) is 25.6 Å². The van der Waals surface area contributed by atoms with Crippen molar-refractivity contribution in [2.24, 2.45) is 0 Å². The van der Waals surface area contributed by atoms with Gasteiger partial charge in [-0.1, -0.05) is 0 Å². The van der Waals surface area contributed by atoms with Crippen molar-refractivity contribution in [3.8, 4) is 16.3 Å². The molecule has 1 unspecified atom stereocenters. The van der Waals surface area contributed by atoms with E-state index in [1.165, 1.54) is 11.3 Å². The van der Waals surface area contributed by atoms with Gasteiger partial charge in [0, 0.05) is 52.2 Å². The molecule has 2 aliphatic heterocycles. The second-order valence-corrected chi connectivity index (χ2v) is 10.6. The number of aryl methyl sites for hydroxylation is 1. The second kappa shape index (κ2) is 9.78. The third-order valence-electron chi connectivity index (χ3n) is 6.54. The van der Waals surface area contributed by atoms with Crippen LogP contribution in [0.1, 0.15) is 65.3 Å². The van der Waals surface area contributed by atoms with Gasteiger partial charge in [-0.05, 0) is 57.7 Å². The van der Waals surface area contributed by atoms with Crippen molar-refractivity contribution in [3.63, 3.8) is 0 Å². The topological polar surface area (TPSA) is 89.0 Å². The van der Waals surface area contributed by atoms with Crippen LogP contribution in [0.3, 0.4) is 0 Å². The molecule has 2 fully saturated rings. The second-order valence-electron chi connectivity index (χ2n) is 9.40. The first-order valence-electron chi connectivity index (χ1n) is 11.8. The summed E-state index contributed by atoms with van der Waals surface area (Å²) in [5, 5.41) is 7.21. The first kappa shape index (κ1) is 24.6. The quantitative estimate of drug-likeness (QED) is 0.474. The molecule has 0 radical (unpaired) electrons. The van der Waals surface area contributed by atoms with Gasteiger partial charge in [-0.15, -0.1) is 11.3 Å². The molecule has 5 rings (SSSR count). The lowest BCUT2D eigenvalue weighted by Gasteiger charge is -2.29. The number of rotatable bonds is 6. The normalized spacial score (nSPS) is 22.3. The summed E-state index contributed by atoms with van der Waals surface area (Å²) in [5.41, 5.74) is 1.52. The Hall–Kier alpha value is -3.05. The summed E-state index contributed by atoms with van der Waals surface area (Å²) < 4.78 is 44.7. The number of hydrogen-bond donors (Lipinski definition) is 2. The molecule has 2 bridgehead atoms. The summed E-state index contributed by atoms with van der Waals surface area (Å²) in [7, 11) is 0. The van der Waals surface area contributed by atoms with Crippen molar-refractivity contribution in [2.75, 3.05) is 0 Å². The zero-order valence-corrected chi connectivity index (χ0v) is 20.6. The van der Waals surface area contributed by atoms with Crippen LogP contribution >= 0.6 is 11.3 Å². The van der Waals surface area contributed by atoms with E-state index in [4.69, 9.17) is 4.74 Å². The molecule has 1 amide bonds. The van der Waals surface area contributed by atoms with Crippen LogP contribution in [0.4, 0.5) is 13.2 Å². The number of aromatic nitrogens is 3. The van der Waals surface area contributed by atoms with Gasteiger partial charge in [0.1, 0.15) is 16.9 Å². The van der Waals surface area contributed by atoms with Crippen LogP contribution in [0.2, 0.25) is 0 Å². The molecule has 1 aromatic carbocycles. The molecule has 2 aliphatic rings. The molecule has 2 aromatic heterocycles. The highest BCUT2D eigenvalue weighted by molar-refractivity contribution is 7.14. The van der Waals surface area contributed by atoms with Crippen molar-refractivity contribution < 1.29 is 22.7 Å². The van der Waals surface area contributed by atoms with E-state index in [1.54, 1.807) is 25.3 Å². The standard InChI is InChI=1S/C25H26F3N5O2S/c1-13-10-29-23(36-13)16-5-15(6-20(7-16)35-21-8-18-3-4-19(9-21)33-18)22(34)32-14(2)17-11-30-24(31-12-17)25(26,27)28/h5-7,10-12,14,18-19,21,33H,3-4,8-9H2,1-2H3,(H,32,34)/t14-,18-,19+,21?/m1/s1. The van der Waals surface area contributed by atoms with E-state index in [1.807, 2.05) is 13.0 Å². The minimum absolute atomic E-state index is 0.0659. The highest BCUT2D eigenvalue weighted by atomic mass is 32.1. The number of piperidine rings is 1. The molecule has 2 N–H and O–H groups in total. The van der Waals surface area contributed by atoms with Crippen molar-refractivity contribution >= 4 is 17.2 Å². The van der Waals surface area contributed by atoms with Crippen LogP contribution in [0.15, 0.2) is 36.8 Å². The number of hydrogen-bond acceptors (Lipinski definition) is 7. The number of carbonyl (C=O) groups excluding carboxylic acids is 1. The zero-order chi connectivity index (χ0) is 25.4. The number of nitrogens with zero attached hydrogens (tertiary/aromatic N) is 3. The van der Waals surface area contributed by atoms with E-state index in [2.05, 4.69) is 25.6 Å². The van der Waals surface area contributed by atoms with Gasteiger partial charge in [0.2, 0.25) is 5.82 Å². The molecule has 36 heavy (non-hydrogen) atoms. The van der Waals surface area contributed by atoms with Gasteiger partial charge >= 0.3 is 6.18 Å². The Morgan fingerprint density at radius 3 is 2.42 bits per heavy atom. The lowest BCUT2D eigenvalue weighted by atomic mass is 10.0. The molecule has 0 saturated carbocycles. The van der Waals surface area contributed by atoms with Crippen LogP contribution in [0.5, 0.6) is 5.75 Å². The van der Waals surface area contributed by atoms with Crippen molar-refractivity contribution in [1.29, 1.82) is 0 Å². The average Bonchev–Trinajstić information content (AvgIpc) is 3.42. The van der Waals surface area contributed by atoms with E-state index in [0.717, 1.165) is 53.5 Å². The molecular weight excluding hydrogens is 491 g/mol. The maximum Gasteiger partial charge on any atom is 0.451 e. The summed E-state index contributed by atoms with van der Waals surface area (Å²) in [6.45, 7) is 3.63. The molecule has 190 valence electrons. The number of alkyl halides is 3. The fourth-order valence-corrected chi connectivity index (χ4v) is 5.53. The van der Waals surface area contributed by atoms with Gasteiger partial charge in [0.15, 0.2) is 0 Å². The number of fused-ring (bicyclic) bond motifs is 2. The number of nitrogens with one attached hydrogen (secondary N) is 2. The number of ether oxygens (including phenoxy) is 1. The van der Waals surface area contributed by atoms with Gasteiger partial charge in [0.05, 0.1) is 6.04 Å². The summed E-state index contributed by atoms with van der Waals surface area (Å²) in [5.74, 6) is -1.00. The van der Waals surface area contributed by atoms with Crippen molar-refractivity contribution in [3.05, 3.63) is 58.6 Å². The largest absolute Gasteiger partial charge is 0.490 e. The minimum Gasteiger partial charge on any atom is -0.490 e. The number of carbonyl (C=O) groups is 1. The summed E-state index contributed by atoms with van der Waals surface area (Å²) in [6.07, 6.45) is 3.54. The molecule has 11 heteroatoms. The fraction of sp³-hybridized carbons (Fsp3) is 0.440. The first-order chi connectivity index (χ1) is 17.1. The smallest absolute Gasteiger partial charge is 0.451 e. The molecule has 7 nitrogen and oxygen atoms in total. The highest BCUT2D eigenvalue weighted by Gasteiger charge is 2.35. The van der Waals surface area contributed by atoms with Gasteiger partial charge in [-0.3, -0.25) is 4.79 Å². The van der Waals surface area contributed by atoms with Crippen LogP contribution < -0.4 is 15.4 Å². The molecule has 4 heterocycles. The first-order valence-corrected chi connectivity index (χ1v) is 12.7. The van der Waals surface area contributed by atoms with E-state index in [-0.39, 0.29) is 12.0 Å². The SMILES string of the molecule is Cc1cnc(-c2cc(OC3C[C@H]4CC[C@@H](C3)N4)cc(C(=O)N[C@H](C)c3cnc(C(F)(F)F)nc3)c2)s1. The third kappa shape index (κ3) is 5.52. The van der Waals surface area contributed by atoms with E-state index in [9.17, 15) is 18.0 Å². The minimum atomic E-state index is -4.62. The van der Waals surface area contributed by atoms with Crippen molar-refractivity contribution in [2.45, 2.75) is 69.9 Å². The Morgan fingerprint density at radius 1 is 1.11 bits per heavy atom. The predicted molar refractivity (Wildman–Crippen MR) is 129 cm³/mol. The van der Waals surface area contributed by atoms with Gasteiger partial charge < -0.3 is 15.4 Å². The van der Waals surface area contributed by atoms with Crippen LogP contribution in [0, 0.1) is 6.92 Å². The number of amides is 1. The van der Waals surface area contributed by atoms with Gasteiger partial charge in [-0.25, -0.2) is 15.0 Å². The van der Waals surface area contributed by atoms with Crippen LogP contribution in [-0.2, 0) is 6.18 Å². The van der Waals surface area contributed by atoms with E-state index >= 15 is 0 Å². The van der Waals surface area contributed by atoms with Crippen LogP contribution in [-0.4, -0.2) is 39.0 Å². The zero-order valence-electron chi connectivity index (χ0n) is 19.8. The Labute approximate surface area is 210 Å². The Kier molecular flexibility index (Phi) is 6.69. The number of thiazole rings is 1. The highest BCUT2D eigenvalue weighted by Crippen LogP contribution is 2.33. The number of benzene rings is 1. The molecule has 4 atom stereocenters. The summed E-state index contributed by atoms with van der Waals surface area (Å²) in [6, 6.07) is 5.70. The Morgan fingerprint density at radius 2 is 1.81 bits per heavy atom. The lowest BCUT2D eigenvalue weighted by Crippen LogP contribution is -2.42. The lowest BCUT2D eigenvalue weighted by molar-refractivity contribution is -0.145. The summed E-state index contributed by atoms with van der Waals surface area (Å²) >= 11 is 1.52. The maximum atomic E-state index is 13.2. The Bertz CT molecular complexity index is 1240. The molecule has 3 aromatic rings. The molecule has 0 spiro atoms. The van der Waals surface area contributed by atoms with E-state index in [0.29, 0.717) is 29.0 Å². The molecule has 0 aliphatic carbocycles. The van der Waals surface area contributed by atoms with Gasteiger partial charge in [0.25, 0.3) is 5.91 Å². The fourth-order valence-electron chi connectivity index (χ4n) is 4.77. The van der Waals surface area contributed by atoms with Gasteiger partial charge in [-0.2, -0.15) is 13.2 Å². The monoisotopic (exact) mass is 517 g/mol. The predicted octanol–water partition coefficient (Wildman–Crippen LogP) is 5.08.